The molecule has 2 saturated heterocycles. The van der Waals surface area contributed by atoms with Gasteiger partial charge in [0.15, 0.2) is 0 Å². The third-order valence-electron chi connectivity index (χ3n) is 4.94. The van der Waals surface area contributed by atoms with Crippen LogP contribution >= 0.6 is 0 Å². The zero-order chi connectivity index (χ0) is 16.2. The smallest absolute Gasteiger partial charge is 0.147 e. The molecule has 4 rings (SSSR count). The summed E-state index contributed by atoms with van der Waals surface area (Å²) in [6, 6.07) is 5.94. The van der Waals surface area contributed by atoms with Crippen LogP contribution in [-0.4, -0.2) is 46.8 Å². The van der Waals surface area contributed by atoms with Gasteiger partial charge in [-0.1, -0.05) is 6.07 Å². The number of nitrogens with one attached hydrogen (secondary N) is 1. The van der Waals surface area contributed by atoms with E-state index in [4.69, 9.17) is 4.74 Å². The van der Waals surface area contributed by atoms with Crippen molar-refractivity contribution in [1.29, 1.82) is 0 Å². The fourth-order valence-electron chi connectivity index (χ4n) is 3.82. The summed E-state index contributed by atoms with van der Waals surface area (Å²) in [7, 11) is 0. The third kappa shape index (κ3) is 3.33. The topological polar surface area (TPSA) is 63.2 Å². The molecular weight excluding hydrogens is 302 g/mol. The van der Waals surface area contributed by atoms with Gasteiger partial charge < -0.3 is 15.0 Å². The molecule has 1 N–H and O–H groups in total. The molecule has 1 spiro atoms. The highest BCUT2D eigenvalue weighted by molar-refractivity contribution is 5.37. The Hall–Kier alpha value is -2.21. The molecule has 2 aromatic rings. The Morgan fingerprint density at radius 2 is 2.25 bits per heavy atom. The molecule has 0 bridgehead atoms. The van der Waals surface area contributed by atoms with Gasteiger partial charge in [0.1, 0.15) is 11.6 Å². The van der Waals surface area contributed by atoms with Crippen LogP contribution < -0.4 is 10.2 Å². The van der Waals surface area contributed by atoms with Crippen LogP contribution in [0.1, 0.15) is 19.3 Å². The number of anilines is 2. The van der Waals surface area contributed by atoms with E-state index in [2.05, 4.69) is 25.2 Å². The standard InChI is InChI=1S/C18H23N5O/c1-2-6-20-16(4-1)22-11-15-10-18(24-13-15)5-3-9-23(14-18)17-12-19-7-8-21-17/h1-2,4,6-8,12,15H,3,5,9-11,13-14H2,(H,20,22). The maximum absolute atomic E-state index is 6.28. The quantitative estimate of drug-likeness (QED) is 0.931. The second kappa shape index (κ2) is 6.73. The van der Waals surface area contributed by atoms with E-state index >= 15 is 0 Å². The minimum Gasteiger partial charge on any atom is -0.373 e. The number of hydrogen-bond donors (Lipinski definition) is 1. The first kappa shape index (κ1) is 15.3. The summed E-state index contributed by atoms with van der Waals surface area (Å²) in [5.41, 5.74) is -0.0355. The Morgan fingerprint density at radius 3 is 3.08 bits per heavy atom. The molecule has 2 aliphatic rings. The van der Waals surface area contributed by atoms with Crippen LogP contribution in [0.3, 0.4) is 0 Å². The second-order valence-corrected chi connectivity index (χ2v) is 6.75. The Bertz CT molecular complexity index is 653. The lowest BCUT2D eigenvalue weighted by atomic mass is 9.86. The second-order valence-electron chi connectivity index (χ2n) is 6.75. The Kier molecular flexibility index (Phi) is 4.30. The van der Waals surface area contributed by atoms with Crippen LogP contribution in [-0.2, 0) is 4.74 Å². The number of hydrogen-bond acceptors (Lipinski definition) is 6. The van der Waals surface area contributed by atoms with Gasteiger partial charge in [-0.05, 0) is 31.4 Å². The molecule has 2 aromatic heterocycles. The summed E-state index contributed by atoms with van der Waals surface area (Å²) >= 11 is 0. The SMILES string of the molecule is c1ccc(NCC2COC3(CCCN(c4cnccn4)C3)C2)nc1. The molecule has 0 aromatic carbocycles. The predicted octanol–water partition coefficient (Wildman–Crippen LogP) is 2.36. The van der Waals surface area contributed by atoms with Crippen LogP contribution in [0.2, 0.25) is 0 Å². The first-order chi connectivity index (χ1) is 11.8. The van der Waals surface area contributed by atoms with Crippen LogP contribution in [0, 0.1) is 5.92 Å². The summed E-state index contributed by atoms with van der Waals surface area (Å²) in [5.74, 6) is 2.41. The molecule has 6 nitrogen and oxygen atoms in total. The monoisotopic (exact) mass is 325 g/mol. The van der Waals surface area contributed by atoms with Gasteiger partial charge in [-0.25, -0.2) is 9.97 Å². The highest BCUT2D eigenvalue weighted by Crippen LogP contribution is 2.38. The van der Waals surface area contributed by atoms with E-state index in [1.54, 1.807) is 12.4 Å². The lowest BCUT2D eigenvalue weighted by Gasteiger charge is -2.40. The van der Waals surface area contributed by atoms with Crippen LogP contribution in [0.4, 0.5) is 11.6 Å². The van der Waals surface area contributed by atoms with Crippen molar-refractivity contribution in [2.24, 2.45) is 5.92 Å². The summed E-state index contributed by atoms with van der Waals surface area (Å²) < 4.78 is 6.28. The van der Waals surface area contributed by atoms with E-state index < -0.39 is 0 Å². The van der Waals surface area contributed by atoms with Crippen LogP contribution in [0.5, 0.6) is 0 Å². The molecule has 2 unspecified atom stereocenters. The highest BCUT2D eigenvalue weighted by Gasteiger charge is 2.43. The van der Waals surface area contributed by atoms with E-state index in [-0.39, 0.29) is 5.60 Å². The number of piperidine rings is 1. The van der Waals surface area contributed by atoms with Gasteiger partial charge in [0.25, 0.3) is 0 Å². The first-order valence-corrected chi connectivity index (χ1v) is 8.63. The van der Waals surface area contributed by atoms with Gasteiger partial charge in [0.2, 0.25) is 0 Å². The van der Waals surface area contributed by atoms with E-state index in [0.29, 0.717) is 5.92 Å². The minimum absolute atomic E-state index is 0.0355. The minimum atomic E-state index is -0.0355. The van der Waals surface area contributed by atoms with Crippen molar-refractivity contribution in [3.63, 3.8) is 0 Å². The maximum Gasteiger partial charge on any atom is 0.147 e. The van der Waals surface area contributed by atoms with E-state index in [0.717, 1.165) is 57.1 Å². The van der Waals surface area contributed by atoms with Crippen LogP contribution in [0.15, 0.2) is 43.0 Å². The van der Waals surface area contributed by atoms with E-state index in [9.17, 15) is 0 Å². The Balaban J connectivity index is 1.36. The average molecular weight is 325 g/mol. The molecule has 0 radical (unpaired) electrons. The van der Waals surface area contributed by atoms with Crippen molar-refractivity contribution in [3.05, 3.63) is 43.0 Å². The molecule has 126 valence electrons. The molecule has 6 heteroatoms. The summed E-state index contributed by atoms with van der Waals surface area (Å²) in [6.45, 7) is 3.66. The summed E-state index contributed by atoms with van der Waals surface area (Å²) in [6.07, 6.45) is 10.5. The fourth-order valence-corrected chi connectivity index (χ4v) is 3.82. The molecule has 2 fully saturated rings. The summed E-state index contributed by atoms with van der Waals surface area (Å²) in [5, 5.41) is 3.42. The van der Waals surface area contributed by atoms with E-state index in [1.807, 2.05) is 30.6 Å². The lowest BCUT2D eigenvalue weighted by molar-refractivity contribution is -0.00705. The maximum atomic E-state index is 6.28. The van der Waals surface area contributed by atoms with Gasteiger partial charge in [-0.3, -0.25) is 4.98 Å². The van der Waals surface area contributed by atoms with E-state index in [1.165, 1.54) is 0 Å². The van der Waals surface area contributed by atoms with Crippen molar-refractivity contribution in [2.45, 2.75) is 24.9 Å². The molecule has 4 heterocycles. The van der Waals surface area contributed by atoms with Crippen molar-refractivity contribution in [2.75, 3.05) is 36.5 Å². The van der Waals surface area contributed by atoms with Gasteiger partial charge in [0, 0.05) is 44.1 Å². The van der Waals surface area contributed by atoms with Crippen molar-refractivity contribution < 1.29 is 4.74 Å². The summed E-state index contributed by atoms with van der Waals surface area (Å²) in [4.78, 5) is 15.3. The van der Waals surface area contributed by atoms with Gasteiger partial charge >= 0.3 is 0 Å². The number of rotatable bonds is 4. The molecule has 2 atom stereocenters. The normalized spacial score (nSPS) is 26.7. The number of pyridine rings is 1. The highest BCUT2D eigenvalue weighted by atomic mass is 16.5. The number of ether oxygens (including phenoxy) is 1. The molecule has 24 heavy (non-hydrogen) atoms. The average Bonchev–Trinajstić information content (AvgIpc) is 3.04. The molecular formula is C18H23N5O. The van der Waals surface area contributed by atoms with Gasteiger partial charge in [-0.2, -0.15) is 0 Å². The largest absolute Gasteiger partial charge is 0.373 e. The predicted molar refractivity (Wildman–Crippen MR) is 93.0 cm³/mol. The zero-order valence-corrected chi connectivity index (χ0v) is 13.8. The lowest BCUT2D eigenvalue weighted by Crippen LogP contribution is -2.48. The van der Waals surface area contributed by atoms with Crippen molar-refractivity contribution in [3.8, 4) is 0 Å². The third-order valence-corrected chi connectivity index (χ3v) is 4.94. The van der Waals surface area contributed by atoms with Crippen molar-refractivity contribution >= 4 is 11.6 Å². The van der Waals surface area contributed by atoms with Gasteiger partial charge in [0.05, 0.1) is 18.4 Å². The van der Waals surface area contributed by atoms with Crippen molar-refractivity contribution in [1.82, 2.24) is 15.0 Å². The number of nitrogens with zero attached hydrogens (tertiary/aromatic N) is 4. The zero-order valence-electron chi connectivity index (χ0n) is 13.8. The Morgan fingerprint density at radius 1 is 1.25 bits per heavy atom. The Labute approximate surface area is 142 Å². The number of aromatic nitrogens is 3. The molecule has 0 saturated carbocycles. The van der Waals surface area contributed by atoms with Crippen LogP contribution in [0.25, 0.3) is 0 Å². The molecule has 0 aliphatic carbocycles. The molecule has 0 amide bonds. The molecule has 2 aliphatic heterocycles. The first-order valence-electron chi connectivity index (χ1n) is 8.63. The van der Waals surface area contributed by atoms with Gasteiger partial charge in [-0.15, -0.1) is 0 Å². The fraction of sp³-hybridized carbons (Fsp3) is 0.500.